The Morgan fingerprint density at radius 2 is 2.15 bits per heavy atom. The van der Waals surface area contributed by atoms with Crippen LogP contribution in [0.1, 0.15) is 5.56 Å². The van der Waals surface area contributed by atoms with Crippen LogP contribution >= 0.6 is 0 Å². The van der Waals surface area contributed by atoms with Crippen LogP contribution in [0.3, 0.4) is 0 Å². The number of nitrogens with zero attached hydrogens (tertiary/aromatic N) is 1. The van der Waals surface area contributed by atoms with Crippen LogP contribution in [0.2, 0.25) is 0 Å². The van der Waals surface area contributed by atoms with Gasteiger partial charge in [-0.2, -0.15) is 0 Å². The van der Waals surface area contributed by atoms with Gasteiger partial charge < -0.3 is 9.57 Å². The molecule has 0 atom stereocenters. The second kappa shape index (κ2) is 3.90. The van der Waals surface area contributed by atoms with Crippen LogP contribution < -0.4 is 16.1 Å². The fourth-order valence-electron chi connectivity index (χ4n) is 0.885. The van der Waals surface area contributed by atoms with Gasteiger partial charge in [0.2, 0.25) is 0 Å². The van der Waals surface area contributed by atoms with Crippen molar-refractivity contribution in [2.45, 2.75) is 6.61 Å². The van der Waals surface area contributed by atoms with Crippen molar-refractivity contribution >= 4 is 0 Å². The van der Waals surface area contributed by atoms with Crippen LogP contribution in [0.25, 0.3) is 0 Å². The molecule has 0 aromatic carbocycles. The number of rotatable bonds is 3. The summed E-state index contributed by atoms with van der Waals surface area (Å²) >= 11 is 0. The van der Waals surface area contributed by atoms with Gasteiger partial charge in [0, 0.05) is 7.11 Å². The first-order valence-corrected chi connectivity index (χ1v) is 3.57. The summed E-state index contributed by atoms with van der Waals surface area (Å²) in [7, 11) is 2.79. The maximum Gasteiger partial charge on any atom is 0.361 e. The summed E-state index contributed by atoms with van der Waals surface area (Å²) in [6.45, 7) is 0.138. The van der Waals surface area contributed by atoms with E-state index in [0.29, 0.717) is 5.56 Å². The van der Waals surface area contributed by atoms with Gasteiger partial charge in [-0.05, 0) is 0 Å². The van der Waals surface area contributed by atoms with Crippen molar-refractivity contribution in [3.8, 4) is 0 Å². The van der Waals surface area contributed by atoms with E-state index < -0.39 is 11.2 Å². The lowest BCUT2D eigenvalue weighted by Gasteiger charge is -2.03. The zero-order valence-corrected chi connectivity index (χ0v) is 7.36. The molecule has 0 saturated carbocycles. The number of aromatic amines is 1. The highest BCUT2D eigenvalue weighted by Crippen LogP contribution is 1.88. The molecule has 13 heavy (non-hydrogen) atoms. The Labute approximate surface area is 73.7 Å². The van der Waals surface area contributed by atoms with Gasteiger partial charge >= 0.3 is 5.69 Å². The van der Waals surface area contributed by atoms with Crippen molar-refractivity contribution in [3.05, 3.63) is 32.6 Å². The normalized spacial score (nSPS) is 10.0. The van der Waals surface area contributed by atoms with Crippen LogP contribution in [0.5, 0.6) is 0 Å². The van der Waals surface area contributed by atoms with E-state index in [-0.39, 0.29) is 6.61 Å². The molecule has 0 unspecified atom stereocenters. The van der Waals surface area contributed by atoms with E-state index in [1.165, 1.54) is 20.4 Å². The highest BCUT2D eigenvalue weighted by Gasteiger charge is 2.03. The molecule has 1 rings (SSSR count). The Kier molecular flexibility index (Phi) is 2.86. The molecular formula is C7H10N2O4. The zero-order chi connectivity index (χ0) is 9.84. The van der Waals surface area contributed by atoms with Gasteiger partial charge in [-0.25, -0.2) is 4.79 Å². The Morgan fingerprint density at radius 3 is 2.69 bits per heavy atom. The molecule has 0 saturated heterocycles. The standard InChI is InChI=1S/C7H10N2O4/c1-12-4-5-3-9(13-2)7(11)8-6(5)10/h3H,4H2,1-2H3,(H,8,10,11). The van der Waals surface area contributed by atoms with Gasteiger partial charge in [-0.15, -0.1) is 4.73 Å². The van der Waals surface area contributed by atoms with E-state index in [1.807, 2.05) is 0 Å². The molecule has 1 aromatic heterocycles. The van der Waals surface area contributed by atoms with E-state index in [0.717, 1.165) is 4.73 Å². The molecule has 72 valence electrons. The number of hydrogen-bond donors (Lipinski definition) is 1. The average Bonchev–Trinajstić information content (AvgIpc) is 2.10. The highest BCUT2D eigenvalue weighted by atomic mass is 16.6. The monoisotopic (exact) mass is 186 g/mol. The summed E-state index contributed by atoms with van der Waals surface area (Å²) in [5, 5.41) is 0. The maximum atomic E-state index is 11.1. The van der Waals surface area contributed by atoms with Gasteiger partial charge in [-0.1, -0.05) is 0 Å². The van der Waals surface area contributed by atoms with E-state index in [1.54, 1.807) is 0 Å². The predicted molar refractivity (Wildman–Crippen MR) is 44.5 cm³/mol. The Hall–Kier alpha value is -1.56. The second-order valence-electron chi connectivity index (χ2n) is 2.35. The largest absolute Gasteiger partial charge is 0.413 e. The summed E-state index contributed by atoms with van der Waals surface area (Å²) in [5.74, 6) is 0. The summed E-state index contributed by atoms with van der Waals surface area (Å²) < 4.78 is 5.68. The van der Waals surface area contributed by atoms with Crippen LogP contribution in [-0.2, 0) is 11.3 Å². The van der Waals surface area contributed by atoms with Crippen molar-refractivity contribution in [2.75, 3.05) is 14.2 Å². The molecule has 0 aliphatic heterocycles. The minimum Gasteiger partial charge on any atom is -0.413 e. The summed E-state index contributed by atoms with van der Waals surface area (Å²) in [6.07, 6.45) is 1.30. The molecule has 6 heteroatoms. The number of nitrogens with one attached hydrogen (secondary N) is 1. The number of H-pyrrole nitrogens is 1. The molecular weight excluding hydrogens is 176 g/mol. The molecule has 0 radical (unpaired) electrons. The molecule has 1 N–H and O–H groups in total. The minimum absolute atomic E-state index is 0.138. The van der Waals surface area contributed by atoms with Crippen molar-refractivity contribution < 1.29 is 9.57 Å². The second-order valence-corrected chi connectivity index (χ2v) is 2.35. The van der Waals surface area contributed by atoms with Crippen molar-refractivity contribution in [3.63, 3.8) is 0 Å². The van der Waals surface area contributed by atoms with Crippen molar-refractivity contribution in [1.29, 1.82) is 0 Å². The van der Waals surface area contributed by atoms with Gasteiger partial charge in [0.05, 0.1) is 18.4 Å². The lowest BCUT2D eigenvalue weighted by molar-refractivity contribution is 0.144. The van der Waals surface area contributed by atoms with Gasteiger partial charge in [-0.3, -0.25) is 9.78 Å². The Bertz CT molecular complexity index is 392. The average molecular weight is 186 g/mol. The van der Waals surface area contributed by atoms with Gasteiger partial charge in [0.15, 0.2) is 0 Å². The van der Waals surface area contributed by atoms with Crippen molar-refractivity contribution in [2.24, 2.45) is 0 Å². The third-order valence-corrected chi connectivity index (χ3v) is 1.48. The first-order valence-electron chi connectivity index (χ1n) is 3.57. The van der Waals surface area contributed by atoms with Gasteiger partial charge in [0.25, 0.3) is 5.56 Å². The lowest BCUT2D eigenvalue weighted by Crippen LogP contribution is -2.34. The molecule has 1 aromatic rings. The smallest absolute Gasteiger partial charge is 0.361 e. The zero-order valence-electron chi connectivity index (χ0n) is 7.36. The third kappa shape index (κ3) is 1.97. The Balaban J connectivity index is 3.22. The number of aromatic nitrogens is 2. The van der Waals surface area contributed by atoms with E-state index >= 15 is 0 Å². The molecule has 0 aliphatic rings. The highest BCUT2D eigenvalue weighted by molar-refractivity contribution is 5.01. The first kappa shape index (κ1) is 9.53. The molecule has 1 heterocycles. The van der Waals surface area contributed by atoms with E-state index in [4.69, 9.17) is 4.74 Å². The molecule has 0 amide bonds. The number of ether oxygens (including phenoxy) is 1. The fourth-order valence-corrected chi connectivity index (χ4v) is 0.885. The number of methoxy groups -OCH3 is 1. The maximum absolute atomic E-state index is 11.1. The molecule has 0 aliphatic carbocycles. The number of hydrogen-bond acceptors (Lipinski definition) is 4. The van der Waals surface area contributed by atoms with E-state index in [2.05, 4.69) is 9.82 Å². The third-order valence-electron chi connectivity index (χ3n) is 1.48. The quantitative estimate of drug-likeness (QED) is 0.639. The lowest BCUT2D eigenvalue weighted by atomic mass is 10.4. The van der Waals surface area contributed by atoms with Crippen LogP contribution in [0, 0.1) is 0 Å². The summed E-state index contributed by atoms with van der Waals surface area (Å²) in [5.41, 5.74) is -0.726. The van der Waals surface area contributed by atoms with Crippen LogP contribution in [0.4, 0.5) is 0 Å². The predicted octanol–water partition coefficient (Wildman–Crippen LogP) is -1.26. The fraction of sp³-hybridized carbons (Fsp3) is 0.429. The summed E-state index contributed by atoms with van der Waals surface area (Å²) in [6, 6.07) is 0. The van der Waals surface area contributed by atoms with Crippen LogP contribution in [0.15, 0.2) is 15.8 Å². The van der Waals surface area contributed by atoms with Crippen LogP contribution in [-0.4, -0.2) is 23.9 Å². The molecule has 0 fully saturated rings. The molecule has 0 spiro atoms. The SMILES string of the molecule is COCc1cn(OC)c(=O)[nH]c1=O. The molecule has 0 bridgehead atoms. The van der Waals surface area contributed by atoms with Gasteiger partial charge in [0.1, 0.15) is 7.11 Å². The Morgan fingerprint density at radius 1 is 1.46 bits per heavy atom. The van der Waals surface area contributed by atoms with E-state index in [9.17, 15) is 9.59 Å². The van der Waals surface area contributed by atoms with Crippen molar-refractivity contribution in [1.82, 2.24) is 9.71 Å². The minimum atomic E-state index is -0.604. The molecule has 6 nitrogen and oxygen atoms in total. The topological polar surface area (TPSA) is 73.3 Å². The summed E-state index contributed by atoms with van der Waals surface area (Å²) in [4.78, 5) is 28.8. The first-order chi connectivity index (χ1) is 6.19.